The van der Waals surface area contributed by atoms with Crippen LogP contribution in [-0.2, 0) is 20.8 Å². The second-order valence-corrected chi connectivity index (χ2v) is 12.4. The molecule has 1 aliphatic carbocycles. The monoisotopic (exact) mass is 593 g/mol. The molecule has 14 heteroatoms. The quantitative estimate of drug-likeness (QED) is 0.427. The number of sulfone groups is 1. The predicted octanol–water partition coefficient (Wildman–Crippen LogP) is 5.01. The molecule has 40 heavy (non-hydrogen) atoms. The molecule has 3 aromatic rings. The lowest BCUT2D eigenvalue weighted by atomic mass is 10.2. The number of hydrogen-bond acceptors (Lipinski definition) is 7. The van der Waals surface area contributed by atoms with E-state index in [-0.39, 0.29) is 13.0 Å². The van der Waals surface area contributed by atoms with Crippen LogP contribution in [0.2, 0.25) is 5.02 Å². The van der Waals surface area contributed by atoms with E-state index in [4.69, 9.17) is 16.3 Å². The highest BCUT2D eigenvalue weighted by Crippen LogP contribution is 2.40. The van der Waals surface area contributed by atoms with Crippen molar-refractivity contribution < 1.29 is 31.1 Å². The molecule has 1 amide bonds. The van der Waals surface area contributed by atoms with Crippen LogP contribution in [0.4, 0.5) is 23.8 Å². The zero-order chi connectivity index (χ0) is 28.9. The first-order chi connectivity index (χ1) is 18.8. The van der Waals surface area contributed by atoms with Crippen molar-refractivity contribution >= 4 is 33.3 Å². The van der Waals surface area contributed by atoms with Crippen molar-refractivity contribution in [2.45, 2.75) is 54.3 Å². The maximum absolute atomic E-state index is 13.7. The summed E-state index contributed by atoms with van der Waals surface area (Å²) in [5.74, 6) is 0.348. The number of amides is 1. The second-order valence-electron chi connectivity index (χ2n) is 9.76. The lowest BCUT2D eigenvalue weighted by Gasteiger charge is -2.27. The fraction of sp³-hybridized carbons (Fsp3) is 0.346. The van der Waals surface area contributed by atoms with Crippen molar-refractivity contribution in [3.63, 3.8) is 0 Å². The number of alkyl halides is 3. The fourth-order valence-corrected chi connectivity index (χ4v) is 6.77. The number of anilines is 1. The van der Waals surface area contributed by atoms with Crippen LogP contribution >= 0.6 is 11.6 Å². The highest BCUT2D eigenvalue weighted by molar-refractivity contribution is 7.92. The molecule has 2 aliphatic rings. The first kappa shape index (κ1) is 27.8. The van der Waals surface area contributed by atoms with Crippen LogP contribution < -0.4 is 10.2 Å². The number of aromatic nitrogens is 2. The molecular weight excluding hydrogens is 571 g/mol. The number of hydrogen-bond donors (Lipinski definition) is 1. The molecular formula is C26H23ClF3N5O4S. The van der Waals surface area contributed by atoms with E-state index < -0.39 is 49.6 Å². The van der Waals surface area contributed by atoms with Crippen LogP contribution in [0.1, 0.15) is 30.5 Å². The van der Waals surface area contributed by atoms with Crippen LogP contribution in [0.5, 0.6) is 0 Å². The normalized spacial score (nSPS) is 20.1. The minimum absolute atomic E-state index is 0.290. The molecule has 0 bridgehead atoms. The number of halogens is 4. The lowest BCUT2D eigenvalue weighted by molar-refractivity contribution is -0.139. The molecule has 2 fully saturated rings. The fourth-order valence-electron chi connectivity index (χ4n) is 4.70. The van der Waals surface area contributed by atoms with Crippen LogP contribution in [0, 0.1) is 18.3 Å². The number of nitriles is 1. The van der Waals surface area contributed by atoms with Crippen LogP contribution in [0.25, 0.3) is 5.69 Å². The van der Waals surface area contributed by atoms with E-state index in [1.165, 1.54) is 15.6 Å². The summed E-state index contributed by atoms with van der Waals surface area (Å²) in [7, 11) is -4.54. The third kappa shape index (κ3) is 5.33. The molecule has 0 unspecified atom stereocenters. The SMILES string of the molecule is Cc1cc(N2C[C@H](S(=O)(=O)c3ccccc3C(F)(F)F)C[C@@H]2OC(=O)NC2(C#N)CC2)n(-c2cccc(Cl)c2)n1. The Morgan fingerprint density at radius 3 is 2.58 bits per heavy atom. The first-order valence-corrected chi connectivity index (χ1v) is 14.1. The standard InChI is InChI=1S/C26H23ClF3N5O4S/c1-16-11-22(35(33-16)18-6-4-5-17(27)12-18)34-14-19(13-23(34)39-24(36)32-25(15-31)9-10-25)40(37,38)21-8-3-2-7-20(21)26(28,29)30/h2-8,11-12,19,23H,9-10,13-14H2,1H3,(H,32,36)/t19-,23+/m1/s1. The zero-order valence-corrected chi connectivity index (χ0v) is 22.6. The van der Waals surface area contributed by atoms with Gasteiger partial charge in [-0.05, 0) is 50.1 Å². The van der Waals surface area contributed by atoms with Crippen molar-refractivity contribution in [1.82, 2.24) is 15.1 Å². The molecule has 210 valence electrons. The van der Waals surface area contributed by atoms with E-state index >= 15 is 0 Å². The number of rotatable bonds is 6. The van der Waals surface area contributed by atoms with E-state index in [9.17, 15) is 31.6 Å². The highest BCUT2D eigenvalue weighted by Gasteiger charge is 2.49. The molecule has 1 saturated carbocycles. The Bertz CT molecular complexity index is 1610. The van der Waals surface area contributed by atoms with E-state index in [1.54, 1.807) is 37.3 Å². The first-order valence-electron chi connectivity index (χ1n) is 12.2. The van der Waals surface area contributed by atoms with Crippen LogP contribution in [0.15, 0.2) is 59.5 Å². The molecule has 5 rings (SSSR count). The van der Waals surface area contributed by atoms with Crippen LogP contribution in [0.3, 0.4) is 0 Å². The van der Waals surface area contributed by atoms with E-state index in [1.807, 2.05) is 6.07 Å². The molecule has 9 nitrogen and oxygen atoms in total. The minimum Gasteiger partial charge on any atom is -0.425 e. The number of nitrogens with zero attached hydrogens (tertiary/aromatic N) is 4. The van der Waals surface area contributed by atoms with Gasteiger partial charge >= 0.3 is 12.3 Å². The van der Waals surface area contributed by atoms with Gasteiger partial charge in [0.05, 0.1) is 33.2 Å². The largest absolute Gasteiger partial charge is 0.425 e. The smallest absolute Gasteiger partial charge is 0.417 e. The van der Waals surface area contributed by atoms with E-state index in [0.717, 1.165) is 18.2 Å². The summed E-state index contributed by atoms with van der Waals surface area (Å²) in [6, 6.07) is 14.4. The molecule has 1 aliphatic heterocycles. The van der Waals surface area contributed by atoms with Gasteiger partial charge in [-0.2, -0.15) is 23.5 Å². The Morgan fingerprint density at radius 1 is 1.20 bits per heavy atom. The number of aryl methyl sites for hydroxylation is 1. The van der Waals surface area contributed by atoms with Crippen molar-refractivity contribution in [2.75, 3.05) is 11.4 Å². The van der Waals surface area contributed by atoms with E-state index in [0.29, 0.717) is 35.1 Å². The average Bonchev–Trinajstić information content (AvgIpc) is 3.36. The minimum atomic E-state index is -4.89. The van der Waals surface area contributed by atoms with Gasteiger partial charge in [-0.1, -0.05) is 29.8 Å². The number of alkyl carbamates (subject to hydrolysis) is 1. The Labute approximate surface area is 233 Å². The van der Waals surface area contributed by atoms with Crippen molar-refractivity contribution in [3.8, 4) is 11.8 Å². The predicted molar refractivity (Wildman–Crippen MR) is 139 cm³/mol. The Morgan fingerprint density at radius 2 is 1.93 bits per heavy atom. The summed E-state index contributed by atoms with van der Waals surface area (Å²) in [6.45, 7) is 1.42. The molecule has 0 radical (unpaired) electrons. The molecule has 1 aromatic heterocycles. The molecule has 0 spiro atoms. The number of carbonyl (C=O) groups is 1. The Hall–Kier alpha value is -3.76. The summed E-state index contributed by atoms with van der Waals surface area (Å²) in [6.07, 6.45) is -6.45. The number of nitrogens with one attached hydrogen (secondary N) is 1. The molecule has 1 N–H and O–H groups in total. The van der Waals surface area contributed by atoms with Crippen LogP contribution in [-0.4, -0.2) is 47.9 Å². The molecule has 2 heterocycles. The Kier molecular flexibility index (Phi) is 6.96. The van der Waals surface area contributed by atoms with E-state index in [2.05, 4.69) is 10.4 Å². The van der Waals surface area contributed by atoms with Gasteiger partial charge in [0, 0.05) is 24.1 Å². The maximum atomic E-state index is 13.7. The van der Waals surface area contributed by atoms with Gasteiger partial charge in [0.15, 0.2) is 16.1 Å². The van der Waals surface area contributed by atoms with Gasteiger partial charge in [-0.25, -0.2) is 17.9 Å². The maximum Gasteiger partial charge on any atom is 0.417 e. The third-order valence-corrected chi connectivity index (χ3v) is 9.28. The third-order valence-electron chi connectivity index (χ3n) is 6.86. The molecule has 2 atom stereocenters. The second kappa shape index (κ2) is 10.0. The zero-order valence-electron chi connectivity index (χ0n) is 21.0. The van der Waals surface area contributed by atoms with Crippen molar-refractivity contribution in [3.05, 3.63) is 70.9 Å². The van der Waals surface area contributed by atoms with Gasteiger partial charge in [-0.15, -0.1) is 0 Å². The van der Waals surface area contributed by atoms with Gasteiger partial charge < -0.3 is 15.0 Å². The molecule has 2 aromatic carbocycles. The lowest BCUT2D eigenvalue weighted by Crippen LogP contribution is -2.42. The number of ether oxygens (including phenoxy) is 1. The summed E-state index contributed by atoms with van der Waals surface area (Å²) in [5, 5.41) is 15.4. The topological polar surface area (TPSA) is 117 Å². The Balaban J connectivity index is 1.54. The average molecular weight is 594 g/mol. The van der Waals surface area contributed by atoms with Crippen molar-refractivity contribution in [2.24, 2.45) is 0 Å². The van der Waals surface area contributed by atoms with Crippen molar-refractivity contribution in [1.29, 1.82) is 5.26 Å². The van der Waals surface area contributed by atoms with Gasteiger partial charge in [-0.3, -0.25) is 0 Å². The van der Waals surface area contributed by atoms with Gasteiger partial charge in [0.25, 0.3) is 0 Å². The highest BCUT2D eigenvalue weighted by atomic mass is 35.5. The number of carbonyl (C=O) groups excluding carboxylic acids is 1. The molecule has 1 saturated heterocycles. The van der Waals surface area contributed by atoms with Gasteiger partial charge in [0.2, 0.25) is 0 Å². The summed E-state index contributed by atoms with van der Waals surface area (Å²) >= 11 is 6.16. The van der Waals surface area contributed by atoms with Gasteiger partial charge in [0.1, 0.15) is 11.4 Å². The summed E-state index contributed by atoms with van der Waals surface area (Å²) < 4.78 is 75.6. The summed E-state index contributed by atoms with van der Waals surface area (Å²) in [4.78, 5) is 13.4. The number of benzene rings is 2. The summed E-state index contributed by atoms with van der Waals surface area (Å²) in [5.41, 5.74) is -1.23.